The molecule has 1 saturated carbocycles. The standard InChI is InChI=1S/C29H41N5O/c1-31(21-25-7-3-2-4-8-25)26-13-10-24(11-14-26)12-15-29(35)34-22-27(23-34)32-17-19-33(20-18-32)28-9-5-6-16-30-28/h5-6,9-11,13-14,16,25,27H,2-4,7-8,12,15,17-23H2,1H3. The summed E-state index contributed by atoms with van der Waals surface area (Å²) >= 11 is 0. The summed E-state index contributed by atoms with van der Waals surface area (Å²) in [5, 5.41) is 0. The van der Waals surface area contributed by atoms with Crippen molar-refractivity contribution in [1.29, 1.82) is 0 Å². The molecule has 1 aromatic carbocycles. The average molecular weight is 476 g/mol. The van der Waals surface area contributed by atoms with Crippen molar-refractivity contribution in [2.45, 2.75) is 51.0 Å². The van der Waals surface area contributed by atoms with Crippen LogP contribution in [-0.2, 0) is 11.2 Å². The molecule has 35 heavy (non-hydrogen) atoms. The van der Waals surface area contributed by atoms with E-state index in [0.29, 0.717) is 18.4 Å². The summed E-state index contributed by atoms with van der Waals surface area (Å²) in [4.78, 5) is 26.6. The van der Waals surface area contributed by atoms with Gasteiger partial charge in [-0.2, -0.15) is 0 Å². The number of hydrogen-bond acceptors (Lipinski definition) is 5. The van der Waals surface area contributed by atoms with Crippen molar-refractivity contribution >= 4 is 17.4 Å². The molecule has 0 N–H and O–H groups in total. The van der Waals surface area contributed by atoms with E-state index in [2.05, 4.69) is 63.1 Å². The molecule has 6 heteroatoms. The Hall–Kier alpha value is -2.60. The summed E-state index contributed by atoms with van der Waals surface area (Å²) in [6, 6.07) is 15.5. The van der Waals surface area contributed by atoms with E-state index in [9.17, 15) is 4.79 Å². The molecule has 0 bridgehead atoms. The quantitative estimate of drug-likeness (QED) is 0.576. The Balaban J connectivity index is 1.00. The highest BCUT2D eigenvalue weighted by Gasteiger charge is 2.35. The van der Waals surface area contributed by atoms with Crippen LogP contribution in [0.15, 0.2) is 48.7 Å². The number of anilines is 2. The highest BCUT2D eigenvalue weighted by Crippen LogP contribution is 2.26. The average Bonchev–Trinajstić information content (AvgIpc) is 2.88. The fraction of sp³-hybridized carbons (Fsp3) is 0.586. The third kappa shape index (κ3) is 6.16. The van der Waals surface area contributed by atoms with Crippen molar-refractivity contribution in [2.24, 2.45) is 5.92 Å². The highest BCUT2D eigenvalue weighted by atomic mass is 16.2. The van der Waals surface area contributed by atoms with Gasteiger partial charge in [-0.1, -0.05) is 37.5 Å². The molecule has 188 valence electrons. The van der Waals surface area contributed by atoms with Gasteiger partial charge in [0.05, 0.1) is 0 Å². The van der Waals surface area contributed by atoms with Crippen molar-refractivity contribution in [3.05, 3.63) is 54.2 Å². The number of benzene rings is 1. The minimum absolute atomic E-state index is 0.298. The minimum atomic E-state index is 0.298. The van der Waals surface area contributed by atoms with E-state index in [1.165, 1.54) is 43.4 Å². The highest BCUT2D eigenvalue weighted by molar-refractivity contribution is 5.77. The monoisotopic (exact) mass is 475 g/mol. The molecule has 0 spiro atoms. The Labute approximate surface area is 210 Å². The number of nitrogens with zero attached hydrogens (tertiary/aromatic N) is 5. The number of carbonyl (C=O) groups is 1. The smallest absolute Gasteiger partial charge is 0.223 e. The second kappa shape index (κ2) is 11.4. The van der Waals surface area contributed by atoms with Crippen LogP contribution in [0, 0.1) is 5.92 Å². The van der Waals surface area contributed by atoms with Gasteiger partial charge in [0, 0.05) is 77.2 Å². The molecule has 1 aliphatic carbocycles. The Kier molecular flexibility index (Phi) is 7.87. The van der Waals surface area contributed by atoms with E-state index < -0.39 is 0 Å². The summed E-state index contributed by atoms with van der Waals surface area (Å²) in [7, 11) is 2.21. The summed E-state index contributed by atoms with van der Waals surface area (Å²) in [5.74, 6) is 2.21. The molecule has 0 radical (unpaired) electrons. The lowest BCUT2D eigenvalue weighted by atomic mass is 9.89. The number of amides is 1. The fourth-order valence-electron chi connectivity index (χ4n) is 5.94. The van der Waals surface area contributed by atoms with Crippen LogP contribution >= 0.6 is 0 Å². The molecule has 2 saturated heterocycles. The van der Waals surface area contributed by atoms with Crippen molar-refractivity contribution in [3.8, 4) is 0 Å². The van der Waals surface area contributed by atoms with Crippen molar-refractivity contribution in [2.75, 3.05) is 62.7 Å². The lowest BCUT2D eigenvalue weighted by Gasteiger charge is -2.48. The van der Waals surface area contributed by atoms with Crippen LogP contribution in [-0.4, -0.2) is 79.6 Å². The van der Waals surface area contributed by atoms with Crippen LogP contribution in [0.4, 0.5) is 11.5 Å². The predicted octanol–water partition coefficient (Wildman–Crippen LogP) is 4.06. The first-order valence-corrected chi connectivity index (χ1v) is 13.6. The zero-order valence-electron chi connectivity index (χ0n) is 21.3. The number of likely N-dealkylation sites (tertiary alicyclic amines) is 1. The van der Waals surface area contributed by atoms with Crippen LogP contribution in [0.25, 0.3) is 0 Å². The molecular weight excluding hydrogens is 434 g/mol. The maximum absolute atomic E-state index is 12.7. The van der Waals surface area contributed by atoms with E-state index in [4.69, 9.17) is 0 Å². The molecule has 2 aromatic rings. The first-order chi connectivity index (χ1) is 17.2. The molecule has 1 amide bonds. The lowest BCUT2D eigenvalue weighted by molar-refractivity contribution is -0.138. The van der Waals surface area contributed by atoms with Gasteiger partial charge >= 0.3 is 0 Å². The third-order valence-corrected chi connectivity index (χ3v) is 8.28. The van der Waals surface area contributed by atoms with Gasteiger partial charge in [0.15, 0.2) is 0 Å². The second-order valence-electron chi connectivity index (χ2n) is 10.7. The van der Waals surface area contributed by atoms with Gasteiger partial charge in [0.2, 0.25) is 5.91 Å². The first kappa shape index (κ1) is 24.1. The topological polar surface area (TPSA) is 42.9 Å². The summed E-state index contributed by atoms with van der Waals surface area (Å²) in [5.41, 5.74) is 2.55. The number of aryl methyl sites for hydroxylation is 1. The molecular formula is C29H41N5O. The van der Waals surface area contributed by atoms with Crippen molar-refractivity contribution < 1.29 is 4.79 Å². The molecule has 5 rings (SSSR count). The van der Waals surface area contributed by atoms with Gasteiger partial charge in [-0.05, 0) is 55.0 Å². The van der Waals surface area contributed by atoms with E-state index in [-0.39, 0.29) is 0 Å². The van der Waals surface area contributed by atoms with Crippen molar-refractivity contribution in [1.82, 2.24) is 14.8 Å². The Bertz CT molecular complexity index is 929. The maximum atomic E-state index is 12.7. The summed E-state index contributed by atoms with van der Waals surface area (Å²) in [6.45, 7) is 7.03. The molecule has 3 heterocycles. The van der Waals surface area contributed by atoms with E-state index >= 15 is 0 Å². The SMILES string of the molecule is CN(CC1CCCCC1)c1ccc(CCC(=O)N2CC(N3CCN(c4ccccn4)CC3)C2)cc1. The van der Waals surface area contributed by atoms with Crippen LogP contribution < -0.4 is 9.80 Å². The summed E-state index contributed by atoms with van der Waals surface area (Å²) in [6.07, 6.45) is 10.3. The zero-order valence-corrected chi connectivity index (χ0v) is 21.3. The van der Waals surface area contributed by atoms with Gasteiger partial charge in [0.25, 0.3) is 0 Å². The van der Waals surface area contributed by atoms with Crippen LogP contribution in [0.3, 0.4) is 0 Å². The largest absolute Gasteiger partial charge is 0.374 e. The number of aromatic nitrogens is 1. The van der Waals surface area contributed by atoms with Crippen LogP contribution in [0.2, 0.25) is 0 Å². The zero-order chi connectivity index (χ0) is 24.0. The van der Waals surface area contributed by atoms with Crippen LogP contribution in [0.5, 0.6) is 0 Å². The van der Waals surface area contributed by atoms with Crippen LogP contribution in [0.1, 0.15) is 44.1 Å². The number of pyridine rings is 1. The number of piperazine rings is 1. The van der Waals surface area contributed by atoms with Gasteiger partial charge in [-0.3, -0.25) is 9.69 Å². The number of carbonyl (C=O) groups excluding carboxylic acids is 1. The Morgan fingerprint density at radius 2 is 1.71 bits per heavy atom. The lowest BCUT2D eigenvalue weighted by Crippen LogP contribution is -2.64. The Morgan fingerprint density at radius 3 is 2.40 bits per heavy atom. The maximum Gasteiger partial charge on any atom is 0.223 e. The fourth-order valence-corrected chi connectivity index (χ4v) is 5.94. The van der Waals surface area contributed by atoms with E-state index in [0.717, 1.165) is 64.0 Å². The molecule has 2 aliphatic heterocycles. The van der Waals surface area contributed by atoms with E-state index in [1.54, 1.807) is 0 Å². The minimum Gasteiger partial charge on any atom is -0.374 e. The molecule has 0 unspecified atom stereocenters. The Morgan fingerprint density at radius 1 is 0.971 bits per heavy atom. The van der Waals surface area contributed by atoms with E-state index in [1.807, 2.05) is 17.2 Å². The normalized spacial score (nSPS) is 20.0. The molecule has 3 fully saturated rings. The van der Waals surface area contributed by atoms with Gasteiger partial charge in [0.1, 0.15) is 5.82 Å². The van der Waals surface area contributed by atoms with Gasteiger partial charge in [-0.25, -0.2) is 4.98 Å². The third-order valence-electron chi connectivity index (χ3n) is 8.28. The first-order valence-electron chi connectivity index (χ1n) is 13.6. The van der Waals surface area contributed by atoms with Gasteiger partial charge in [-0.15, -0.1) is 0 Å². The molecule has 6 nitrogen and oxygen atoms in total. The predicted molar refractivity (Wildman–Crippen MR) is 143 cm³/mol. The summed E-state index contributed by atoms with van der Waals surface area (Å²) < 4.78 is 0. The molecule has 0 atom stereocenters. The van der Waals surface area contributed by atoms with Gasteiger partial charge < -0.3 is 14.7 Å². The number of rotatable bonds is 8. The molecule has 3 aliphatic rings. The second-order valence-corrected chi connectivity index (χ2v) is 10.7. The molecule has 1 aromatic heterocycles. The number of hydrogen-bond donors (Lipinski definition) is 0. The van der Waals surface area contributed by atoms with Crippen molar-refractivity contribution in [3.63, 3.8) is 0 Å².